The number of nitrogens with zero attached hydrogens (tertiary/aromatic N) is 5. The highest BCUT2D eigenvalue weighted by Crippen LogP contribution is 2.12. The van der Waals surface area contributed by atoms with Crippen molar-refractivity contribution >= 4 is 5.82 Å². The molecule has 0 atom stereocenters. The Kier molecular flexibility index (Phi) is 2.25. The Labute approximate surface area is 91.2 Å². The van der Waals surface area contributed by atoms with E-state index in [1.54, 1.807) is 18.2 Å². The molecule has 0 fully saturated rings. The average molecular weight is 210 g/mol. The highest BCUT2D eigenvalue weighted by Gasteiger charge is 2.11. The number of hydrogen-bond donors (Lipinski definition) is 1. The Balaban J connectivity index is 2.63. The monoisotopic (exact) mass is 210 g/mol. The maximum Gasteiger partial charge on any atom is 0.177 e. The van der Waals surface area contributed by atoms with E-state index in [2.05, 4.69) is 9.97 Å². The fraction of sp³-hybridized carbons (Fsp3) is 0. The molecule has 0 saturated carbocycles. The molecule has 0 aromatic carbocycles. The lowest BCUT2D eigenvalue weighted by molar-refractivity contribution is 0.979. The van der Waals surface area contributed by atoms with Gasteiger partial charge >= 0.3 is 0 Å². The van der Waals surface area contributed by atoms with Crippen molar-refractivity contribution in [2.45, 2.75) is 0 Å². The molecule has 0 aliphatic rings. The van der Waals surface area contributed by atoms with Gasteiger partial charge < -0.3 is 5.73 Å². The molecule has 0 aliphatic carbocycles. The van der Waals surface area contributed by atoms with Crippen molar-refractivity contribution < 1.29 is 0 Å². The van der Waals surface area contributed by atoms with Crippen LogP contribution in [0.1, 0.15) is 11.4 Å². The third-order valence-corrected chi connectivity index (χ3v) is 1.98. The van der Waals surface area contributed by atoms with Gasteiger partial charge in [0.15, 0.2) is 11.4 Å². The lowest BCUT2D eigenvalue weighted by Gasteiger charge is -2.02. The first-order chi connectivity index (χ1) is 7.76. The highest BCUT2D eigenvalue weighted by molar-refractivity contribution is 5.43. The second kappa shape index (κ2) is 3.71. The summed E-state index contributed by atoms with van der Waals surface area (Å²) >= 11 is 0. The van der Waals surface area contributed by atoms with E-state index in [-0.39, 0.29) is 11.4 Å². The van der Waals surface area contributed by atoms with E-state index >= 15 is 0 Å². The van der Waals surface area contributed by atoms with Gasteiger partial charge in [0.05, 0.1) is 0 Å². The summed E-state index contributed by atoms with van der Waals surface area (Å²) < 4.78 is 1.43. The lowest BCUT2D eigenvalue weighted by Crippen LogP contribution is -2.01. The summed E-state index contributed by atoms with van der Waals surface area (Å²) in [5.41, 5.74) is 5.76. The van der Waals surface area contributed by atoms with E-state index in [1.165, 1.54) is 10.9 Å². The van der Waals surface area contributed by atoms with Gasteiger partial charge in [-0.05, 0) is 12.1 Å². The average Bonchev–Trinajstić information content (AvgIpc) is 2.71. The number of pyridine rings is 1. The fourth-order valence-electron chi connectivity index (χ4n) is 1.28. The van der Waals surface area contributed by atoms with Crippen LogP contribution in [-0.4, -0.2) is 14.5 Å². The molecule has 2 N–H and O–H groups in total. The third-order valence-electron chi connectivity index (χ3n) is 1.98. The Hall–Kier alpha value is -2.86. The summed E-state index contributed by atoms with van der Waals surface area (Å²) in [5, 5.41) is 17.7. The Morgan fingerprint density at radius 3 is 2.69 bits per heavy atom. The van der Waals surface area contributed by atoms with Gasteiger partial charge in [-0.3, -0.25) is 4.57 Å². The number of aromatic nitrogens is 3. The summed E-state index contributed by atoms with van der Waals surface area (Å²) in [5.74, 6) is 0.805. The topological polar surface area (TPSA) is 104 Å². The van der Waals surface area contributed by atoms with Crippen molar-refractivity contribution in [3.05, 3.63) is 35.9 Å². The zero-order valence-corrected chi connectivity index (χ0v) is 8.12. The highest BCUT2D eigenvalue weighted by atomic mass is 15.1. The molecule has 16 heavy (non-hydrogen) atoms. The van der Waals surface area contributed by atoms with Gasteiger partial charge in [0.25, 0.3) is 0 Å². The largest absolute Gasteiger partial charge is 0.384 e. The number of imidazole rings is 1. The van der Waals surface area contributed by atoms with Crippen LogP contribution in [0, 0.1) is 22.7 Å². The number of hydrogen-bond acceptors (Lipinski definition) is 5. The molecule has 76 valence electrons. The first-order valence-electron chi connectivity index (χ1n) is 4.36. The quantitative estimate of drug-likeness (QED) is 0.741. The minimum atomic E-state index is 0.0757. The zero-order chi connectivity index (χ0) is 11.5. The number of rotatable bonds is 1. The van der Waals surface area contributed by atoms with Crippen molar-refractivity contribution in [3.63, 3.8) is 0 Å². The molecule has 2 aromatic rings. The van der Waals surface area contributed by atoms with Crippen LogP contribution < -0.4 is 5.73 Å². The smallest absolute Gasteiger partial charge is 0.177 e. The molecule has 0 radical (unpaired) electrons. The van der Waals surface area contributed by atoms with Crippen molar-refractivity contribution in [2.24, 2.45) is 0 Å². The Bertz CT molecular complexity index is 613. The maximum absolute atomic E-state index is 8.93. The number of nitrogen functional groups attached to an aromatic ring is 1. The summed E-state index contributed by atoms with van der Waals surface area (Å²) in [7, 11) is 0. The van der Waals surface area contributed by atoms with Crippen molar-refractivity contribution in [3.8, 4) is 18.0 Å². The van der Waals surface area contributed by atoms with Crippen molar-refractivity contribution in [1.82, 2.24) is 14.5 Å². The standard InChI is InChI=1S/C10H6N6/c11-4-7-8(5-12)16(6-14-7)10-3-1-2-9(13)15-10/h1-3,6H,(H2,13,15). The predicted octanol–water partition coefficient (Wildman–Crippen LogP) is 0.593. The van der Waals surface area contributed by atoms with Crippen LogP contribution in [-0.2, 0) is 0 Å². The Morgan fingerprint density at radius 1 is 1.25 bits per heavy atom. The molecule has 0 aliphatic heterocycles. The number of nitriles is 2. The molecule has 0 saturated heterocycles. The van der Waals surface area contributed by atoms with E-state index in [4.69, 9.17) is 16.3 Å². The predicted molar refractivity (Wildman–Crippen MR) is 55.2 cm³/mol. The molecular formula is C10H6N6. The molecule has 6 nitrogen and oxygen atoms in total. The van der Waals surface area contributed by atoms with Crippen LogP contribution in [0.15, 0.2) is 24.5 Å². The first kappa shape index (κ1) is 9.69. The van der Waals surface area contributed by atoms with Gasteiger partial charge in [-0.2, -0.15) is 10.5 Å². The zero-order valence-electron chi connectivity index (χ0n) is 8.12. The minimum absolute atomic E-state index is 0.0757. The molecule has 0 spiro atoms. The van der Waals surface area contributed by atoms with Gasteiger partial charge in [-0.25, -0.2) is 9.97 Å². The molecule has 6 heteroatoms. The van der Waals surface area contributed by atoms with Gasteiger partial charge in [0.2, 0.25) is 0 Å². The van der Waals surface area contributed by atoms with E-state index in [1.807, 2.05) is 12.1 Å². The second-order valence-electron chi connectivity index (χ2n) is 2.96. The van der Waals surface area contributed by atoms with Crippen LogP contribution >= 0.6 is 0 Å². The first-order valence-corrected chi connectivity index (χ1v) is 4.36. The van der Waals surface area contributed by atoms with Crippen LogP contribution in [0.4, 0.5) is 5.82 Å². The fourth-order valence-corrected chi connectivity index (χ4v) is 1.28. The molecule has 2 rings (SSSR count). The van der Waals surface area contributed by atoms with Gasteiger partial charge in [0, 0.05) is 0 Å². The van der Waals surface area contributed by atoms with Gasteiger partial charge in [0.1, 0.15) is 30.1 Å². The molecule has 2 heterocycles. The maximum atomic E-state index is 8.93. The van der Waals surface area contributed by atoms with Crippen LogP contribution in [0.25, 0.3) is 5.82 Å². The summed E-state index contributed by atoms with van der Waals surface area (Å²) in [6, 6.07) is 8.78. The summed E-state index contributed by atoms with van der Waals surface area (Å²) in [6.45, 7) is 0. The summed E-state index contributed by atoms with van der Waals surface area (Å²) in [6.07, 6.45) is 1.37. The molecule has 0 bridgehead atoms. The van der Waals surface area contributed by atoms with Gasteiger partial charge in [-0.1, -0.05) is 6.07 Å². The van der Waals surface area contributed by atoms with E-state index < -0.39 is 0 Å². The molecule has 0 amide bonds. The van der Waals surface area contributed by atoms with Crippen LogP contribution in [0.5, 0.6) is 0 Å². The van der Waals surface area contributed by atoms with E-state index in [0.29, 0.717) is 11.6 Å². The molecule has 2 aromatic heterocycles. The number of anilines is 1. The van der Waals surface area contributed by atoms with Crippen LogP contribution in [0.3, 0.4) is 0 Å². The van der Waals surface area contributed by atoms with E-state index in [9.17, 15) is 0 Å². The van der Waals surface area contributed by atoms with Gasteiger partial charge in [-0.15, -0.1) is 0 Å². The molecule has 0 unspecified atom stereocenters. The Morgan fingerprint density at radius 2 is 2.06 bits per heavy atom. The van der Waals surface area contributed by atoms with E-state index in [0.717, 1.165) is 0 Å². The molecular weight excluding hydrogens is 204 g/mol. The second-order valence-corrected chi connectivity index (χ2v) is 2.96. The third kappa shape index (κ3) is 1.45. The number of nitrogens with two attached hydrogens (primary N) is 1. The van der Waals surface area contributed by atoms with Crippen molar-refractivity contribution in [2.75, 3.05) is 5.73 Å². The van der Waals surface area contributed by atoms with Crippen molar-refractivity contribution in [1.29, 1.82) is 10.5 Å². The van der Waals surface area contributed by atoms with Crippen LogP contribution in [0.2, 0.25) is 0 Å². The lowest BCUT2D eigenvalue weighted by atomic mass is 10.3. The summed E-state index contributed by atoms with van der Waals surface area (Å²) in [4.78, 5) is 7.85. The normalized spacial score (nSPS) is 9.38. The SMILES string of the molecule is N#Cc1ncn(-c2cccc(N)n2)c1C#N. The minimum Gasteiger partial charge on any atom is -0.384 e.